The van der Waals surface area contributed by atoms with Crippen LogP contribution in [-0.2, 0) is 4.74 Å². The number of hydrogen-bond donors (Lipinski definition) is 0. The molecule has 0 bridgehead atoms. The molecule has 0 fully saturated rings. The van der Waals surface area contributed by atoms with Crippen LogP contribution in [0, 0.1) is 3.70 Å². The van der Waals surface area contributed by atoms with Gasteiger partial charge in [0.25, 0.3) is 6.43 Å². The lowest BCUT2D eigenvalue weighted by Gasteiger charge is -2.08. The summed E-state index contributed by atoms with van der Waals surface area (Å²) in [6.45, 7) is 1.68. The number of hydrogen-bond acceptors (Lipinski definition) is 3. The van der Waals surface area contributed by atoms with Gasteiger partial charge in [0.15, 0.2) is 5.69 Å². The average Bonchev–Trinajstić information content (AvgIpc) is 2.21. The van der Waals surface area contributed by atoms with Crippen molar-refractivity contribution in [2.24, 2.45) is 0 Å². The van der Waals surface area contributed by atoms with Crippen LogP contribution in [0.25, 0.3) is 0 Å². The quantitative estimate of drug-likeness (QED) is 0.470. The van der Waals surface area contributed by atoms with Gasteiger partial charge in [-0.2, -0.15) is 0 Å². The van der Waals surface area contributed by atoms with Gasteiger partial charge in [-0.15, -0.1) is 0 Å². The van der Waals surface area contributed by atoms with Crippen LogP contribution in [0.3, 0.4) is 0 Å². The number of carbonyl (C=O) groups is 1. The van der Waals surface area contributed by atoms with Crippen LogP contribution in [0.4, 0.5) is 8.78 Å². The molecule has 0 aromatic carbocycles. The summed E-state index contributed by atoms with van der Waals surface area (Å²) >= 11 is 7.41. The molecule has 1 aromatic rings. The van der Waals surface area contributed by atoms with Gasteiger partial charge in [0.1, 0.15) is 3.70 Å². The van der Waals surface area contributed by atoms with Crippen LogP contribution in [0.1, 0.15) is 29.4 Å². The number of carbonyl (C=O) groups excluding carboxylic acids is 1. The number of halogens is 4. The Labute approximate surface area is 109 Å². The Bertz CT molecular complexity index is 415. The molecule has 88 valence electrons. The highest BCUT2D eigenvalue weighted by Crippen LogP contribution is 2.27. The molecule has 7 heteroatoms. The molecule has 0 unspecified atom stereocenters. The van der Waals surface area contributed by atoms with Gasteiger partial charge in [0, 0.05) is 0 Å². The van der Waals surface area contributed by atoms with E-state index in [2.05, 4.69) is 9.72 Å². The lowest BCUT2D eigenvalue weighted by molar-refractivity contribution is 0.0507. The smallest absolute Gasteiger partial charge is 0.357 e. The minimum absolute atomic E-state index is 0.0870. The maximum absolute atomic E-state index is 12.6. The van der Waals surface area contributed by atoms with Crippen molar-refractivity contribution in [3.05, 3.63) is 26.0 Å². The lowest BCUT2D eigenvalue weighted by Crippen LogP contribution is -2.12. The third-order valence-corrected chi connectivity index (χ3v) is 3.10. The maximum Gasteiger partial charge on any atom is 0.357 e. The fourth-order valence-electron chi connectivity index (χ4n) is 1.01. The fraction of sp³-hybridized carbons (Fsp3) is 0.333. The number of esters is 1. The maximum atomic E-state index is 12.6. The van der Waals surface area contributed by atoms with Crippen molar-refractivity contribution in [2.45, 2.75) is 13.3 Å². The highest BCUT2D eigenvalue weighted by Gasteiger charge is 2.23. The molecular weight excluding hydrogens is 354 g/mol. The largest absolute Gasteiger partial charge is 0.461 e. The molecule has 1 aromatic heterocycles. The van der Waals surface area contributed by atoms with Gasteiger partial charge in [-0.05, 0) is 35.6 Å². The van der Waals surface area contributed by atoms with Gasteiger partial charge in [0.2, 0.25) is 0 Å². The molecule has 0 atom stereocenters. The summed E-state index contributed by atoms with van der Waals surface area (Å²) in [6.07, 6.45) is -2.82. The molecule has 1 rings (SSSR count). The summed E-state index contributed by atoms with van der Waals surface area (Å²) in [4.78, 5) is 15.1. The van der Waals surface area contributed by atoms with E-state index in [1.165, 1.54) is 0 Å². The molecule has 0 radical (unpaired) electrons. The molecule has 0 aliphatic rings. The van der Waals surface area contributed by atoms with E-state index < -0.39 is 18.0 Å². The second-order valence-electron chi connectivity index (χ2n) is 2.72. The summed E-state index contributed by atoms with van der Waals surface area (Å²) in [7, 11) is 0. The predicted molar refractivity (Wildman–Crippen MR) is 62.9 cm³/mol. The van der Waals surface area contributed by atoms with E-state index in [-0.39, 0.29) is 21.0 Å². The minimum atomic E-state index is -2.82. The van der Waals surface area contributed by atoms with Gasteiger partial charge >= 0.3 is 5.97 Å². The summed E-state index contributed by atoms with van der Waals surface area (Å²) in [5, 5.41) is 0.0870. The van der Waals surface area contributed by atoms with Crippen molar-refractivity contribution in [1.82, 2.24) is 4.98 Å². The second kappa shape index (κ2) is 5.72. The predicted octanol–water partition coefficient (Wildman–Crippen LogP) is 3.45. The van der Waals surface area contributed by atoms with E-state index in [9.17, 15) is 13.6 Å². The standard InChI is InChI=1S/C9H7ClF2INO2/c1-2-16-9(15)6-4(7(11)12)3-5(10)8(13)14-6/h3,7H,2H2,1H3. The molecule has 0 N–H and O–H groups in total. The van der Waals surface area contributed by atoms with Crippen LogP contribution in [0.5, 0.6) is 0 Å². The van der Waals surface area contributed by atoms with Gasteiger partial charge < -0.3 is 4.74 Å². The molecule has 16 heavy (non-hydrogen) atoms. The molecule has 0 spiro atoms. The Morgan fingerprint density at radius 1 is 1.69 bits per heavy atom. The van der Waals surface area contributed by atoms with Gasteiger partial charge in [-0.25, -0.2) is 18.6 Å². The topological polar surface area (TPSA) is 39.2 Å². The zero-order valence-electron chi connectivity index (χ0n) is 8.14. The van der Waals surface area contributed by atoms with Gasteiger partial charge in [-0.3, -0.25) is 0 Å². The Morgan fingerprint density at radius 2 is 2.31 bits per heavy atom. The first-order chi connectivity index (χ1) is 7.47. The van der Waals surface area contributed by atoms with Crippen molar-refractivity contribution in [1.29, 1.82) is 0 Å². The number of alkyl halides is 2. The van der Waals surface area contributed by atoms with E-state index in [0.717, 1.165) is 6.07 Å². The third kappa shape index (κ3) is 3.00. The summed E-state index contributed by atoms with van der Waals surface area (Å²) in [5.41, 5.74) is -0.894. The van der Waals surface area contributed by atoms with E-state index >= 15 is 0 Å². The number of nitrogens with zero attached hydrogens (tertiary/aromatic N) is 1. The van der Waals surface area contributed by atoms with Crippen molar-refractivity contribution in [2.75, 3.05) is 6.61 Å². The van der Waals surface area contributed by atoms with Crippen LogP contribution in [-0.4, -0.2) is 17.6 Å². The molecule has 1 heterocycles. The third-order valence-electron chi connectivity index (χ3n) is 1.67. The van der Waals surface area contributed by atoms with Crippen molar-refractivity contribution in [3.63, 3.8) is 0 Å². The fourth-order valence-corrected chi connectivity index (χ4v) is 1.57. The van der Waals surface area contributed by atoms with E-state index in [1.807, 2.05) is 0 Å². The molecule has 0 aliphatic carbocycles. The molecule has 0 aliphatic heterocycles. The summed E-state index contributed by atoms with van der Waals surface area (Å²) in [5.74, 6) is -0.868. The number of ether oxygens (including phenoxy) is 1. The average molecular weight is 362 g/mol. The SMILES string of the molecule is CCOC(=O)c1nc(I)c(Cl)cc1C(F)F. The van der Waals surface area contributed by atoms with Crippen molar-refractivity contribution >= 4 is 40.2 Å². The van der Waals surface area contributed by atoms with Crippen molar-refractivity contribution < 1.29 is 18.3 Å². The second-order valence-corrected chi connectivity index (χ2v) is 4.15. The summed E-state index contributed by atoms with van der Waals surface area (Å²) in [6, 6.07) is 1.03. The Morgan fingerprint density at radius 3 is 2.81 bits per heavy atom. The molecule has 0 saturated carbocycles. The first-order valence-electron chi connectivity index (χ1n) is 4.28. The molecule has 0 saturated heterocycles. The highest BCUT2D eigenvalue weighted by atomic mass is 127. The minimum Gasteiger partial charge on any atom is -0.461 e. The lowest BCUT2D eigenvalue weighted by atomic mass is 10.2. The Kier molecular flexibility index (Phi) is 4.85. The molecular formula is C9H7ClF2INO2. The monoisotopic (exact) mass is 361 g/mol. The summed E-state index contributed by atoms with van der Waals surface area (Å²) < 4.78 is 30.2. The molecule has 3 nitrogen and oxygen atoms in total. The number of rotatable bonds is 3. The first-order valence-corrected chi connectivity index (χ1v) is 5.74. The van der Waals surface area contributed by atoms with Gasteiger partial charge in [-0.1, -0.05) is 11.6 Å². The van der Waals surface area contributed by atoms with Crippen LogP contribution < -0.4 is 0 Å². The Balaban J connectivity index is 3.24. The van der Waals surface area contributed by atoms with Crippen molar-refractivity contribution in [3.8, 4) is 0 Å². The normalized spacial score (nSPS) is 10.6. The first kappa shape index (κ1) is 13.6. The van der Waals surface area contributed by atoms with Crippen LogP contribution >= 0.6 is 34.2 Å². The van der Waals surface area contributed by atoms with E-state index in [4.69, 9.17) is 11.6 Å². The number of aromatic nitrogens is 1. The van der Waals surface area contributed by atoms with Crippen LogP contribution in [0.15, 0.2) is 6.07 Å². The zero-order valence-corrected chi connectivity index (χ0v) is 11.1. The zero-order chi connectivity index (χ0) is 12.3. The van der Waals surface area contributed by atoms with E-state index in [1.54, 1.807) is 29.5 Å². The highest BCUT2D eigenvalue weighted by molar-refractivity contribution is 14.1. The van der Waals surface area contributed by atoms with Crippen LogP contribution in [0.2, 0.25) is 5.02 Å². The number of pyridine rings is 1. The van der Waals surface area contributed by atoms with E-state index in [0.29, 0.717) is 0 Å². The Hall–Kier alpha value is -0.500. The van der Waals surface area contributed by atoms with Gasteiger partial charge in [0.05, 0.1) is 17.2 Å². The molecule has 0 amide bonds.